The third-order valence-corrected chi connectivity index (χ3v) is 4.57. The minimum atomic E-state index is -1.75. The molecule has 0 aromatic carbocycles. The number of hydrogen-bond acceptors (Lipinski definition) is 3. The number of carbonyl (C=O) groups excluding carboxylic acids is 1. The van der Waals surface area contributed by atoms with Crippen LogP contribution >= 0.6 is 0 Å². The van der Waals surface area contributed by atoms with E-state index in [-0.39, 0.29) is 5.91 Å². The first kappa shape index (κ1) is 16.1. The lowest BCUT2D eigenvalue weighted by molar-refractivity contribution is -0.139. The van der Waals surface area contributed by atoms with E-state index >= 15 is 0 Å². The van der Waals surface area contributed by atoms with E-state index in [2.05, 4.69) is 5.32 Å². The SMILES string of the molecule is CCCCNC(=O)C(C)S(=O)C(C)(C)C(=O)O. The molecule has 0 bridgehead atoms. The zero-order valence-electron chi connectivity index (χ0n) is 10.8. The Kier molecular flexibility index (Phi) is 6.37. The van der Waals surface area contributed by atoms with Crippen molar-refractivity contribution in [3.05, 3.63) is 0 Å². The van der Waals surface area contributed by atoms with Gasteiger partial charge >= 0.3 is 5.97 Å². The number of unbranched alkanes of at least 4 members (excludes halogenated alkanes) is 1. The molecule has 0 spiro atoms. The van der Waals surface area contributed by atoms with E-state index in [0.29, 0.717) is 6.54 Å². The van der Waals surface area contributed by atoms with Crippen LogP contribution in [0.2, 0.25) is 0 Å². The Bertz CT molecular complexity index is 315. The largest absolute Gasteiger partial charge is 0.480 e. The Morgan fingerprint density at radius 1 is 1.41 bits per heavy atom. The minimum Gasteiger partial charge on any atom is -0.480 e. The van der Waals surface area contributed by atoms with Crippen LogP contribution in [0.3, 0.4) is 0 Å². The van der Waals surface area contributed by atoms with Crippen molar-refractivity contribution in [2.24, 2.45) is 0 Å². The molecule has 0 saturated heterocycles. The quantitative estimate of drug-likeness (QED) is 0.669. The average molecular weight is 263 g/mol. The number of hydrogen-bond donors (Lipinski definition) is 2. The molecule has 0 fully saturated rings. The Balaban J connectivity index is 4.50. The van der Waals surface area contributed by atoms with Crippen LogP contribution in [0.4, 0.5) is 0 Å². The number of carboxylic acid groups (broad SMARTS) is 1. The summed E-state index contributed by atoms with van der Waals surface area (Å²) in [5.41, 5.74) is 0. The Labute approximate surface area is 104 Å². The molecule has 1 amide bonds. The molecular formula is C11H21NO4S. The normalized spacial score (nSPS) is 15.1. The molecule has 6 heteroatoms. The molecule has 0 aliphatic carbocycles. The zero-order chi connectivity index (χ0) is 13.6. The van der Waals surface area contributed by atoms with Gasteiger partial charge in [-0.05, 0) is 27.2 Å². The summed E-state index contributed by atoms with van der Waals surface area (Å²) in [6.45, 7) is 6.75. The molecular weight excluding hydrogens is 242 g/mol. The molecule has 0 aliphatic rings. The lowest BCUT2D eigenvalue weighted by atomic mass is 10.2. The van der Waals surface area contributed by atoms with Crippen LogP contribution in [0.1, 0.15) is 40.5 Å². The first-order valence-electron chi connectivity index (χ1n) is 5.67. The van der Waals surface area contributed by atoms with Gasteiger partial charge in [-0.2, -0.15) is 0 Å². The summed E-state index contributed by atoms with van der Waals surface area (Å²) in [6.07, 6.45) is 1.81. The number of carbonyl (C=O) groups is 2. The number of amides is 1. The van der Waals surface area contributed by atoms with Crippen LogP contribution in [0, 0.1) is 0 Å². The fourth-order valence-corrected chi connectivity index (χ4v) is 2.49. The van der Waals surface area contributed by atoms with Crippen molar-refractivity contribution < 1.29 is 18.9 Å². The molecule has 2 atom stereocenters. The summed E-state index contributed by atoms with van der Waals surface area (Å²) in [7, 11) is -1.75. The fourth-order valence-electron chi connectivity index (χ4n) is 1.16. The smallest absolute Gasteiger partial charge is 0.321 e. The monoisotopic (exact) mass is 263 g/mol. The van der Waals surface area contributed by atoms with Crippen LogP contribution in [-0.4, -0.2) is 37.7 Å². The van der Waals surface area contributed by atoms with Gasteiger partial charge in [-0.25, -0.2) is 0 Å². The van der Waals surface area contributed by atoms with Gasteiger partial charge in [0.05, 0.1) is 10.8 Å². The van der Waals surface area contributed by atoms with E-state index in [4.69, 9.17) is 5.11 Å². The highest BCUT2D eigenvalue weighted by Gasteiger charge is 2.39. The van der Waals surface area contributed by atoms with Crippen LogP contribution in [0.5, 0.6) is 0 Å². The minimum absolute atomic E-state index is 0.355. The maximum Gasteiger partial charge on any atom is 0.321 e. The van der Waals surface area contributed by atoms with Gasteiger partial charge < -0.3 is 10.4 Å². The second-order valence-corrected chi connectivity index (χ2v) is 6.72. The molecule has 0 aromatic heterocycles. The van der Waals surface area contributed by atoms with Gasteiger partial charge in [-0.1, -0.05) is 13.3 Å². The summed E-state index contributed by atoms with van der Waals surface area (Å²) in [6, 6.07) is 0. The molecule has 17 heavy (non-hydrogen) atoms. The molecule has 0 radical (unpaired) electrons. The van der Waals surface area contributed by atoms with E-state index < -0.39 is 26.8 Å². The van der Waals surface area contributed by atoms with Crippen LogP contribution in [-0.2, 0) is 20.4 Å². The van der Waals surface area contributed by atoms with E-state index in [1.165, 1.54) is 20.8 Å². The van der Waals surface area contributed by atoms with Crippen molar-refractivity contribution in [2.45, 2.75) is 50.5 Å². The molecule has 0 rings (SSSR count). The van der Waals surface area contributed by atoms with Crippen molar-refractivity contribution in [3.63, 3.8) is 0 Å². The first-order chi connectivity index (χ1) is 7.75. The van der Waals surface area contributed by atoms with Gasteiger partial charge in [-0.3, -0.25) is 13.8 Å². The molecule has 0 aliphatic heterocycles. The number of carboxylic acids is 1. The summed E-state index contributed by atoms with van der Waals surface area (Å²) in [5, 5.41) is 10.8. The third-order valence-electron chi connectivity index (χ3n) is 2.54. The molecule has 2 unspecified atom stereocenters. The summed E-state index contributed by atoms with van der Waals surface area (Å²) < 4.78 is 10.5. The molecule has 100 valence electrons. The van der Waals surface area contributed by atoms with Gasteiger partial charge in [0.25, 0.3) is 0 Å². The Morgan fingerprint density at radius 2 is 1.94 bits per heavy atom. The number of rotatable bonds is 7. The van der Waals surface area contributed by atoms with Gasteiger partial charge in [0.15, 0.2) is 0 Å². The van der Waals surface area contributed by atoms with Crippen LogP contribution < -0.4 is 5.32 Å². The van der Waals surface area contributed by atoms with Gasteiger partial charge in [-0.15, -0.1) is 0 Å². The second kappa shape index (κ2) is 6.74. The lowest BCUT2D eigenvalue weighted by Gasteiger charge is -2.22. The van der Waals surface area contributed by atoms with Crippen molar-refractivity contribution in [3.8, 4) is 0 Å². The molecule has 0 heterocycles. The first-order valence-corrected chi connectivity index (χ1v) is 6.88. The van der Waals surface area contributed by atoms with Crippen molar-refractivity contribution >= 4 is 22.7 Å². The molecule has 2 N–H and O–H groups in total. The molecule has 0 aromatic rings. The summed E-state index contributed by atoms with van der Waals surface area (Å²) >= 11 is 0. The van der Waals surface area contributed by atoms with Crippen molar-refractivity contribution in [1.82, 2.24) is 5.32 Å². The second-order valence-electron chi connectivity index (χ2n) is 4.40. The highest BCUT2D eigenvalue weighted by Crippen LogP contribution is 2.17. The average Bonchev–Trinajstić information content (AvgIpc) is 2.26. The van der Waals surface area contributed by atoms with E-state index in [0.717, 1.165) is 12.8 Å². The van der Waals surface area contributed by atoms with Gasteiger partial charge in [0.1, 0.15) is 10.00 Å². The standard InChI is InChI=1S/C11H21NO4S/c1-5-6-7-12-9(13)8(2)17(16)11(3,4)10(14)15/h8H,5-7H2,1-4H3,(H,12,13)(H,14,15). The summed E-state index contributed by atoms with van der Waals surface area (Å²) in [5.74, 6) is -1.52. The van der Waals surface area contributed by atoms with Gasteiger partial charge in [0.2, 0.25) is 5.91 Å². The van der Waals surface area contributed by atoms with Crippen molar-refractivity contribution in [2.75, 3.05) is 6.54 Å². The molecule has 5 nitrogen and oxygen atoms in total. The van der Waals surface area contributed by atoms with Crippen LogP contribution in [0.25, 0.3) is 0 Å². The molecule has 0 saturated carbocycles. The number of nitrogens with one attached hydrogen (secondary N) is 1. The predicted molar refractivity (Wildman–Crippen MR) is 67.2 cm³/mol. The fraction of sp³-hybridized carbons (Fsp3) is 0.818. The van der Waals surface area contributed by atoms with Crippen LogP contribution in [0.15, 0.2) is 0 Å². The predicted octanol–water partition coefficient (Wildman–Crippen LogP) is 0.903. The van der Waals surface area contributed by atoms with E-state index in [9.17, 15) is 13.8 Å². The highest BCUT2D eigenvalue weighted by atomic mass is 32.2. The lowest BCUT2D eigenvalue weighted by Crippen LogP contribution is -2.46. The maximum atomic E-state index is 11.9. The Morgan fingerprint density at radius 3 is 2.35 bits per heavy atom. The Hall–Kier alpha value is -0.910. The zero-order valence-corrected chi connectivity index (χ0v) is 11.6. The highest BCUT2D eigenvalue weighted by molar-refractivity contribution is 7.88. The maximum absolute atomic E-state index is 11.9. The number of aliphatic carboxylic acids is 1. The topological polar surface area (TPSA) is 83.5 Å². The van der Waals surface area contributed by atoms with E-state index in [1.54, 1.807) is 0 Å². The third kappa shape index (κ3) is 4.46. The summed E-state index contributed by atoms with van der Waals surface area (Å²) in [4.78, 5) is 22.6. The van der Waals surface area contributed by atoms with E-state index in [1.807, 2.05) is 6.92 Å². The van der Waals surface area contributed by atoms with Gasteiger partial charge in [0, 0.05) is 6.54 Å². The van der Waals surface area contributed by atoms with Crippen molar-refractivity contribution in [1.29, 1.82) is 0 Å².